The molecule has 0 spiro atoms. The molecule has 6 nitrogen and oxygen atoms in total. The van der Waals surface area contributed by atoms with Crippen molar-refractivity contribution in [2.24, 2.45) is 0 Å². The van der Waals surface area contributed by atoms with Crippen LogP contribution in [0, 0.1) is 11.6 Å². The van der Waals surface area contributed by atoms with E-state index in [1.807, 2.05) is 6.07 Å². The van der Waals surface area contributed by atoms with E-state index in [9.17, 15) is 13.9 Å². The van der Waals surface area contributed by atoms with Gasteiger partial charge in [0.15, 0.2) is 11.6 Å². The lowest BCUT2D eigenvalue weighted by Gasteiger charge is -2.22. The molecular formula is C21H20F2N4O2. The van der Waals surface area contributed by atoms with Crippen molar-refractivity contribution in [3.63, 3.8) is 0 Å². The highest BCUT2D eigenvalue weighted by atomic mass is 19.1. The normalized spacial score (nSPS) is 16.9. The average molecular weight is 398 g/mol. The van der Waals surface area contributed by atoms with Gasteiger partial charge in [0.25, 0.3) is 0 Å². The zero-order valence-electron chi connectivity index (χ0n) is 15.7. The van der Waals surface area contributed by atoms with Crippen LogP contribution in [0.1, 0.15) is 36.0 Å². The lowest BCUT2D eigenvalue weighted by molar-refractivity contribution is 0.164. The monoisotopic (exact) mass is 398 g/mol. The van der Waals surface area contributed by atoms with Crippen molar-refractivity contribution in [3.05, 3.63) is 71.2 Å². The molecule has 2 aromatic heterocycles. The number of benzene rings is 1. The fraction of sp³-hybridized carbons (Fsp3) is 0.238. The third-order valence-electron chi connectivity index (χ3n) is 4.91. The Bertz CT molecular complexity index is 1060. The van der Waals surface area contributed by atoms with Gasteiger partial charge in [0.2, 0.25) is 0 Å². The first-order chi connectivity index (χ1) is 13.9. The molecule has 29 heavy (non-hydrogen) atoms. The van der Waals surface area contributed by atoms with E-state index in [0.717, 1.165) is 35.0 Å². The van der Waals surface area contributed by atoms with Gasteiger partial charge in [-0.3, -0.25) is 4.98 Å². The van der Waals surface area contributed by atoms with Crippen LogP contribution >= 0.6 is 0 Å². The molecule has 0 saturated carbocycles. The van der Waals surface area contributed by atoms with Crippen molar-refractivity contribution in [2.45, 2.75) is 25.7 Å². The molecule has 8 heteroatoms. The smallest absolute Gasteiger partial charge is 0.166 e. The Morgan fingerprint density at radius 1 is 1.17 bits per heavy atom. The number of hydrogen-bond acceptors (Lipinski definition) is 6. The van der Waals surface area contributed by atoms with E-state index in [1.54, 1.807) is 25.4 Å². The zero-order chi connectivity index (χ0) is 20.5. The Hall–Kier alpha value is -3.10. The van der Waals surface area contributed by atoms with Gasteiger partial charge >= 0.3 is 0 Å². The second-order valence-corrected chi connectivity index (χ2v) is 6.94. The molecule has 3 aromatic rings. The molecule has 4 N–H and O–H groups in total. The number of β-amino-alcohol motifs (C(OH)–C–C–N with tert-alkyl or cyclic N) is 1. The molecule has 0 fully saturated rings. The Balaban J connectivity index is 1.65. The third-order valence-corrected chi connectivity index (χ3v) is 4.91. The maximum absolute atomic E-state index is 14.0. The Morgan fingerprint density at radius 2 is 1.93 bits per heavy atom. The van der Waals surface area contributed by atoms with Crippen molar-refractivity contribution in [3.8, 4) is 16.9 Å². The summed E-state index contributed by atoms with van der Waals surface area (Å²) in [5.74, 6) is -0.737. The van der Waals surface area contributed by atoms with E-state index < -0.39 is 23.8 Å². The summed E-state index contributed by atoms with van der Waals surface area (Å²) < 4.78 is 33.3. The molecule has 2 atom stereocenters. The van der Waals surface area contributed by atoms with Gasteiger partial charge in [0, 0.05) is 47.7 Å². The first-order valence-electron chi connectivity index (χ1n) is 9.17. The molecule has 4 rings (SSSR count). The molecule has 3 heterocycles. The fourth-order valence-corrected chi connectivity index (χ4v) is 3.33. The summed E-state index contributed by atoms with van der Waals surface area (Å²) in [6.07, 6.45) is 1.84. The molecule has 0 bridgehead atoms. The van der Waals surface area contributed by atoms with Crippen LogP contribution in [0.2, 0.25) is 0 Å². The second kappa shape index (κ2) is 7.73. The molecule has 1 unspecified atom stereocenters. The lowest BCUT2D eigenvalue weighted by atomic mass is 9.99. The number of halogens is 2. The molecule has 1 aliphatic heterocycles. The summed E-state index contributed by atoms with van der Waals surface area (Å²) in [6.45, 7) is 2.66. The number of fused-ring (bicyclic) bond motifs is 1. The number of nitrogens with two attached hydrogens (primary N) is 1. The molecule has 0 amide bonds. The van der Waals surface area contributed by atoms with Crippen molar-refractivity contribution < 1.29 is 18.6 Å². The molecule has 0 aliphatic carbocycles. The molecule has 150 valence electrons. The van der Waals surface area contributed by atoms with Crippen LogP contribution in [0.5, 0.6) is 5.75 Å². The number of rotatable bonds is 4. The van der Waals surface area contributed by atoms with Crippen molar-refractivity contribution in [1.82, 2.24) is 15.3 Å². The maximum Gasteiger partial charge on any atom is 0.166 e. The van der Waals surface area contributed by atoms with E-state index >= 15 is 0 Å². The standard InChI is InChI=1S/C21H20F2N4O2/c1-11(15-6-14(22)2-3-17(15)23)29-20-5-13(8-27-21(20)24)12-4-16-18(26-7-12)9-25-10-19(16)28/h2-8,11,19,25,28H,9-10H2,1H3,(H2,24,27)/t11-,19?/m1/s1. The first-order valence-corrected chi connectivity index (χ1v) is 9.17. The van der Waals surface area contributed by atoms with Crippen LogP contribution in [0.15, 0.2) is 42.7 Å². The minimum Gasteiger partial charge on any atom is -0.482 e. The fourth-order valence-electron chi connectivity index (χ4n) is 3.33. The summed E-state index contributed by atoms with van der Waals surface area (Å²) in [7, 11) is 0. The van der Waals surface area contributed by atoms with Crippen LogP contribution in [0.25, 0.3) is 11.1 Å². The number of nitrogen functional groups attached to an aromatic ring is 1. The Morgan fingerprint density at radius 3 is 2.76 bits per heavy atom. The molecule has 1 aromatic carbocycles. The molecule has 0 radical (unpaired) electrons. The predicted octanol–water partition coefficient (Wildman–Crippen LogP) is 3.28. The number of anilines is 1. The van der Waals surface area contributed by atoms with Crippen LogP contribution in [0.3, 0.4) is 0 Å². The van der Waals surface area contributed by atoms with E-state index in [0.29, 0.717) is 18.7 Å². The van der Waals surface area contributed by atoms with Crippen molar-refractivity contribution in [2.75, 3.05) is 12.3 Å². The summed E-state index contributed by atoms with van der Waals surface area (Å²) in [5, 5.41) is 13.3. The average Bonchev–Trinajstić information content (AvgIpc) is 2.71. The molecule has 1 aliphatic rings. The number of aromatic nitrogens is 2. The summed E-state index contributed by atoms with van der Waals surface area (Å²) >= 11 is 0. The topological polar surface area (TPSA) is 93.3 Å². The number of pyridine rings is 2. The lowest BCUT2D eigenvalue weighted by Crippen LogP contribution is -2.28. The predicted molar refractivity (Wildman–Crippen MR) is 104 cm³/mol. The number of ether oxygens (including phenoxy) is 1. The molecular weight excluding hydrogens is 378 g/mol. The highest BCUT2D eigenvalue weighted by Crippen LogP contribution is 2.33. The third kappa shape index (κ3) is 3.90. The minimum absolute atomic E-state index is 0.0841. The number of aliphatic hydroxyl groups is 1. The Kier molecular flexibility index (Phi) is 5.12. The minimum atomic E-state index is -0.778. The van der Waals surface area contributed by atoms with Crippen LogP contribution < -0.4 is 15.8 Å². The largest absolute Gasteiger partial charge is 0.482 e. The molecule has 0 saturated heterocycles. The number of nitrogens with one attached hydrogen (secondary N) is 1. The van der Waals surface area contributed by atoms with Gasteiger partial charge in [0.1, 0.15) is 17.7 Å². The highest BCUT2D eigenvalue weighted by Gasteiger charge is 2.20. The quantitative estimate of drug-likeness (QED) is 0.625. The van der Waals surface area contributed by atoms with Gasteiger partial charge in [-0.25, -0.2) is 13.8 Å². The van der Waals surface area contributed by atoms with Gasteiger partial charge in [-0.2, -0.15) is 0 Å². The highest BCUT2D eigenvalue weighted by molar-refractivity contribution is 5.67. The number of nitrogens with zero attached hydrogens (tertiary/aromatic N) is 2. The van der Waals surface area contributed by atoms with Gasteiger partial charge in [0.05, 0.1) is 11.8 Å². The summed E-state index contributed by atoms with van der Waals surface area (Å²) in [6, 6.07) is 6.74. The van der Waals surface area contributed by atoms with Gasteiger partial charge in [-0.15, -0.1) is 0 Å². The summed E-state index contributed by atoms with van der Waals surface area (Å²) in [4.78, 5) is 8.57. The second-order valence-electron chi connectivity index (χ2n) is 6.94. The summed E-state index contributed by atoms with van der Waals surface area (Å²) in [5.41, 5.74) is 8.99. The Labute approximate surface area is 166 Å². The van der Waals surface area contributed by atoms with Gasteiger partial charge in [-0.05, 0) is 37.3 Å². The maximum atomic E-state index is 14.0. The SMILES string of the molecule is C[C@@H](Oc1cc(-c2cnc3c(c2)C(O)CNC3)cnc1N)c1cc(F)ccc1F. The number of aliphatic hydroxyl groups excluding tert-OH is 1. The number of hydrogen-bond donors (Lipinski definition) is 3. The van der Waals surface area contributed by atoms with Crippen LogP contribution in [-0.2, 0) is 6.54 Å². The van der Waals surface area contributed by atoms with Crippen LogP contribution in [-0.4, -0.2) is 21.6 Å². The van der Waals surface area contributed by atoms with E-state index in [4.69, 9.17) is 10.5 Å². The van der Waals surface area contributed by atoms with Crippen LogP contribution in [0.4, 0.5) is 14.6 Å². The van der Waals surface area contributed by atoms with Gasteiger partial charge < -0.3 is 20.9 Å². The first kappa shape index (κ1) is 19.2. The van der Waals surface area contributed by atoms with E-state index in [1.165, 1.54) is 0 Å². The van der Waals surface area contributed by atoms with E-state index in [-0.39, 0.29) is 17.1 Å². The van der Waals surface area contributed by atoms with E-state index in [2.05, 4.69) is 15.3 Å². The zero-order valence-corrected chi connectivity index (χ0v) is 15.7. The van der Waals surface area contributed by atoms with Crippen molar-refractivity contribution in [1.29, 1.82) is 0 Å². The van der Waals surface area contributed by atoms with Gasteiger partial charge in [-0.1, -0.05) is 0 Å². The van der Waals surface area contributed by atoms with Crippen molar-refractivity contribution >= 4 is 5.82 Å².